The van der Waals surface area contributed by atoms with Crippen molar-refractivity contribution in [1.29, 1.82) is 0 Å². The summed E-state index contributed by atoms with van der Waals surface area (Å²) in [5.74, 6) is 0.544. The number of nitrogens with two attached hydrogens (primary N) is 1. The van der Waals surface area contributed by atoms with Crippen molar-refractivity contribution in [3.63, 3.8) is 0 Å². The number of aliphatic hydroxyl groups is 1. The summed E-state index contributed by atoms with van der Waals surface area (Å²) in [5, 5.41) is 11.9. The molecule has 2 heterocycles. The van der Waals surface area contributed by atoms with Crippen molar-refractivity contribution < 1.29 is 14.6 Å². The van der Waals surface area contributed by atoms with Crippen LogP contribution in [0.4, 0.5) is 0 Å². The lowest BCUT2D eigenvalue weighted by atomic mass is 9.95. The molecule has 1 saturated heterocycles. The quantitative estimate of drug-likeness (QED) is 0.865. The number of amides is 1. The molecule has 0 radical (unpaired) electrons. The third-order valence-corrected chi connectivity index (χ3v) is 5.50. The highest BCUT2D eigenvalue weighted by Gasteiger charge is 2.26. The van der Waals surface area contributed by atoms with Gasteiger partial charge >= 0.3 is 0 Å². The van der Waals surface area contributed by atoms with Gasteiger partial charge in [0.1, 0.15) is 5.75 Å². The maximum absolute atomic E-state index is 11.3. The number of aliphatic hydroxyl groups excluding tert-OH is 1. The Morgan fingerprint density at radius 3 is 2.68 bits per heavy atom. The maximum atomic E-state index is 11.3. The number of primary amides is 1. The molecule has 6 heteroatoms. The molecule has 1 aromatic carbocycles. The summed E-state index contributed by atoms with van der Waals surface area (Å²) in [4.78, 5) is 13.5. The SMILES string of the molecule is COc1ccc2c(c1)c(C(O)CN1CCC(C(N)=O)CC1)c(C)n2C. The molecule has 0 bridgehead atoms. The van der Waals surface area contributed by atoms with E-state index in [0.717, 1.165) is 53.8 Å². The fourth-order valence-corrected chi connectivity index (χ4v) is 3.86. The number of carbonyl (C=O) groups excluding carboxylic acids is 1. The molecule has 1 unspecified atom stereocenters. The lowest BCUT2D eigenvalue weighted by Gasteiger charge is -2.32. The molecule has 0 aliphatic carbocycles. The minimum Gasteiger partial charge on any atom is -0.497 e. The first-order chi connectivity index (χ1) is 11.9. The second-order valence-electron chi connectivity index (χ2n) is 6.93. The highest BCUT2D eigenvalue weighted by atomic mass is 16.5. The van der Waals surface area contributed by atoms with E-state index in [2.05, 4.69) is 9.47 Å². The third-order valence-electron chi connectivity index (χ3n) is 5.50. The van der Waals surface area contributed by atoms with Gasteiger partial charge in [0, 0.05) is 41.7 Å². The largest absolute Gasteiger partial charge is 0.497 e. The predicted molar refractivity (Wildman–Crippen MR) is 97.5 cm³/mol. The summed E-state index contributed by atoms with van der Waals surface area (Å²) in [6, 6.07) is 5.95. The zero-order valence-electron chi connectivity index (χ0n) is 15.2. The fourth-order valence-electron chi connectivity index (χ4n) is 3.86. The van der Waals surface area contributed by atoms with Crippen molar-refractivity contribution in [3.8, 4) is 5.75 Å². The van der Waals surface area contributed by atoms with Gasteiger partial charge in [0.25, 0.3) is 0 Å². The van der Waals surface area contributed by atoms with Crippen LogP contribution in [0.15, 0.2) is 18.2 Å². The van der Waals surface area contributed by atoms with Crippen molar-refractivity contribution >= 4 is 16.8 Å². The van der Waals surface area contributed by atoms with E-state index in [1.54, 1.807) is 7.11 Å². The van der Waals surface area contributed by atoms with E-state index in [9.17, 15) is 9.90 Å². The number of carbonyl (C=O) groups is 1. The van der Waals surface area contributed by atoms with Crippen LogP contribution in [-0.4, -0.2) is 47.2 Å². The Hall–Kier alpha value is -2.05. The van der Waals surface area contributed by atoms with Gasteiger partial charge in [-0.3, -0.25) is 4.79 Å². The Kier molecular flexibility index (Phi) is 5.01. The number of β-amino-alcohol motifs (C(OH)–C–C–N with tert-alkyl or cyclic N) is 1. The molecule has 0 saturated carbocycles. The number of aryl methyl sites for hydroxylation is 1. The number of methoxy groups -OCH3 is 1. The topological polar surface area (TPSA) is 80.7 Å². The van der Waals surface area contributed by atoms with E-state index in [1.807, 2.05) is 32.2 Å². The Bertz CT molecular complexity index is 776. The Balaban J connectivity index is 1.81. The van der Waals surface area contributed by atoms with Gasteiger partial charge in [0.15, 0.2) is 0 Å². The molecule has 3 rings (SSSR count). The monoisotopic (exact) mass is 345 g/mol. The first-order valence-electron chi connectivity index (χ1n) is 8.75. The number of hydrogen-bond donors (Lipinski definition) is 2. The number of ether oxygens (including phenoxy) is 1. The van der Waals surface area contributed by atoms with E-state index >= 15 is 0 Å². The normalized spacial score (nSPS) is 17.8. The molecule has 6 nitrogen and oxygen atoms in total. The summed E-state index contributed by atoms with van der Waals surface area (Å²) in [6.45, 7) is 4.17. The molecule has 0 spiro atoms. The van der Waals surface area contributed by atoms with Crippen molar-refractivity contribution in [2.24, 2.45) is 18.7 Å². The number of nitrogens with zero attached hydrogens (tertiary/aromatic N) is 2. The summed E-state index contributed by atoms with van der Waals surface area (Å²) >= 11 is 0. The van der Waals surface area contributed by atoms with Crippen LogP contribution in [0, 0.1) is 12.8 Å². The highest BCUT2D eigenvalue weighted by Crippen LogP contribution is 2.33. The summed E-state index contributed by atoms with van der Waals surface area (Å²) in [7, 11) is 3.66. The van der Waals surface area contributed by atoms with Crippen LogP contribution in [0.5, 0.6) is 5.75 Å². The molecule has 3 N–H and O–H groups in total. The molecule has 1 aromatic heterocycles. The number of piperidine rings is 1. The zero-order chi connectivity index (χ0) is 18.1. The lowest BCUT2D eigenvalue weighted by molar-refractivity contribution is -0.123. The van der Waals surface area contributed by atoms with Crippen molar-refractivity contribution in [2.75, 3.05) is 26.7 Å². The number of aromatic nitrogens is 1. The van der Waals surface area contributed by atoms with Crippen LogP contribution in [0.1, 0.15) is 30.2 Å². The van der Waals surface area contributed by atoms with E-state index in [4.69, 9.17) is 10.5 Å². The lowest BCUT2D eigenvalue weighted by Crippen LogP contribution is -2.40. The van der Waals surface area contributed by atoms with E-state index < -0.39 is 6.10 Å². The second kappa shape index (κ2) is 7.06. The number of fused-ring (bicyclic) bond motifs is 1. The van der Waals surface area contributed by atoms with Crippen LogP contribution >= 0.6 is 0 Å². The molecule has 1 atom stereocenters. The van der Waals surface area contributed by atoms with Gasteiger partial charge in [-0.2, -0.15) is 0 Å². The molecular formula is C19H27N3O3. The van der Waals surface area contributed by atoms with E-state index in [-0.39, 0.29) is 11.8 Å². The van der Waals surface area contributed by atoms with Crippen molar-refractivity contribution in [1.82, 2.24) is 9.47 Å². The highest BCUT2D eigenvalue weighted by molar-refractivity contribution is 5.87. The molecule has 2 aromatic rings. The van der Waals surface area contributed by atoms with Crippen molar-refractivity contribution in [3.05, 3.63) is 29.5 Å². The molecule has 25 heavy (non-hydrogen) atoms. The molecule has 136 valence electrons. The van der Waals surface area contributed by atoms with Gasteiger partial charge in [-0.25, -0.2) is 0 Å². The van der Waals surface area contributed by atoms with E-state index in [1.165, 1.54) is 0 Å². The smallest absolute Gasteiger partial charge is 0.220 e. The summed E-state index contributed by atoms with van der Waals surface area (Å²) in [6.07, 6.45) is 0.954. The van der Waals surface area contributed by atoms with Crippen LogP contribution < -0.4 is 10.5 Å². The fraction of sp³-hybridized carbons (Fsp3) is 0.526. The van der Waals surface area contributed by atoms with Crippen LogP contribution in [0.2, 0.25) is 0 Å². The number of likely N-dealkylation sites (tertiary alicyclic amines) is 1. The van der Waals surface area contributed by atoms with Crippen molar-refractivity contribution in [2.45, 2.75) is 25.9 Å². The van der Waals surface area contributed by atoms with Crippen LogP contribution in [0.3, 0.4) is 0 Å². The Labute approximate surface area is 148 Å². The summed E-state index contributed by atoms with van der Waals surface area (Å²) < 4.78 is 7.45. The van der Waals surface area contributed by atoms with Gasteiger partial charge in [-0.1, -0.05) is 0 Å². The van der Waals surface area contributed by atoms with E-state index in [0.29, 0.717) is 6.54 Å². The van der Waals surface area contributed by atoms with Gasteiger partial charge < -0.3 is 25.0 Å². The number of benzene rings is 1. The zero-order valence-corrected chi connectivity index (χ0v) is 15.2. The first-order valence-corrected chi connectivity index (χ1v) is 8.75. The summed E-state index contributed by atoms with van der Waals surface area (Å²) in [5.41, 5.74) is 8.49. The molecule has 1 fully saturated rings. The average molecular weight is 345 g/mol. The van der Waals surface area contributed by atoms with Gasteiger partial charge in [-0.05, 0) is 51.1 Å². The number of hydrogen-bond acceptors (Lipinski definition) is 4. The predicted octanol–water partition coefficient (Wildman–Crippen LogP) is 1.73. The van der Waals surface area contributed by atoms with Crippen LogP contribution in [0.25, 0.3) is 10.9 Å². The Morgan fingerprint density at radius 1 is 1.40 bits per heavy atom. The Morgan fingerprint density at radius 2 is 2.08 bits per heavy atom. The van der Waals surface area contributed by atoms with Crippen LogP contribution in [-0.2, 0) is 11.8 Å². The standard InChI is InChI=1S/C19H27N3O3/c1-12-18(15-10-14(25-3)4-5-16(15)21(12)2)17(23)11-22-8-6-13(7-9-22)19(20)24/h4-5,10,13,17,23H,6-9,11H2,1-3H3,(H2,20,24). The third kappa shape index (κ3) is 3.37. The van der Waals surface area contributed by atoms with Gasteiger partial charge in [0.05, 0.1) is 13.2 Å². The molecule has 1 amide bonds. The molecule has 1 aliphatic heterocycles. The second-order valence-corrected chi connectivity index (χ2v) is 6.93. The minimum atomic E-state index is -0.582. The minimum absolute atomic E-state index is 0.0306. The molecule has 1 aliphatic rings. The van der Waals surface area contributed by atoms with Gasteiger partial charge in [-0.15, -0.1) is 0 Å². The average Bonchev–Trinajstić information content (AvgIpc) is 2.85. The first kappa shape index (κ1) is 17.8. The molecular weight excluding hydrogens is 318 g/mol. The maximum Gasteiger partial charge on any atom is 0.220 e. The van der Waals surface area contributed by atoms with Gasteiger partial charge in [0.2, 0.25) is 5.91 Å². The number of rotatable bonds is 5.